The lowest BCUT2D eigenvalue weighted by molar-refractivity contribution is -0.384. The molecule has 0 aliphatic heterocycles. The molecule has 9 heteroatoms. The van der Waals surface area contributed by atoms with Crippen LogP contribution in [0.3, 0.4) is 0 Å². The maximum atomic E-state index is 14.4. The Morgan fingerprint density at radius 2 is 2.04 bits per heavy atom. The summed E-state index contributed by atoms with van der Waals surface area (Å²) in [6.45, 7) is 2.00. The smallest absolute Gasteiger partial charge is 0.269 e. The molecule has 0 fully saturated rings. The van der Waals surface area contributed by atoms with Gasteiger partial charge in [-0.15, -0.1) is 11.8 Å². The van der Waals surface area contributed by atoms with E-state index in [-0.39, 0.29) is 23.9 Å². The first-order chi connectivity index (χ1) is 13.4. The van der Waals surface area contributed by atoms with Crippen molar-refractivity contribution in [1.82, 2.24) is 14.9 Å². The van der Waals surface area contributed by atoms with Gasteiger partial charge in [-0.1, -0.05) is 6.07 Å². The number of amides is 1. The van der Waals surface area contributed by atoms with E-state index < -0.39 is 10.7 Å². The van der Waals surface area contributed by atoms with Gasteiger partial charge in [0.15, 0.2) is 0 Å². The molecule has 1 heterocycles. The number of hydrogen-bond donors (Lipinski definition) is 1. The minimum atomic E-state index is -0.473. The van der Waals surface area contributed by atoms with Crippen LogP contribution >= 0.6 is 11.8 Å². The Morgan fingerprint density at radius 3 is 2.64 bits per heavy atom. The minimum absolute atomic E-state index is 0.00478. The summed E-state index contributed by atoms with van der Waals surface area (Å²) >= 11 is 1.27. The van der Waals surface area contributed by atoms with Crippen LogP contribution in [0.2, 0.25) is 0 Å². The Hall–Kier alpha value is -3.20. The molecule has 7 nitrogen and oxygen atoms in total. The zero-order valence-electron chi connectivity index (χ0n) is 15.0. The fourth-order valence-corrected chi connectivity index (χ4v) is 3.28. The number of carbonyl (C=O) groups excluding carboxylic acids is 1. The average molecular weight is 400 g/mol. The first-order valence-electron chi connectivity index (χ1n) is 8.37. The fourth-order valence-electron chi connectivity index (χ4n) is 2.55. The molecule has 0 saturated heterocycles. The number of nitro benzene ring substituents is 1. The van der Waals surface area contributed by atoms with E-state index >= 15 is 0 Å². The van der Waals surface area contributed by atoms with Crippen molar-refractivity contribution >= 4 is 23.4 Å². The number of aryl methyl sites for hydroxylation is 1. The van der Waals surface area contributed by atoms with Gasteiger partial charge in [0.05, 0.1) is 16.4 Å². The normalized spacial score (nSPS) is 10.6. The third-order valence-corrected chi connectivity index (χ3v) is 5.02. The highest BCUT2D eigenvalue weighted by molar-refractivity contribution is 8.00. The molecule has 1 amide bonds. The summed E-state index contributed by atoms with van der Waals surface area (Å²) in [5.41, 5.74) is 1.05. The molecule has 0 bridgehead atoms. The lowest BCUT2D eigenvalue weighted by atomic mass is 10.2. The van der Waals surface area contributed by atoms with Gasteiger partial charge in [-0.3, -0.25) is 14.9 Å². The van der Waals surface area contributed by atoms with E-state index in [0.29, 0.717) is 17.1 Å². The number of non-ortho nitro benzene ring substituents is 1. The molecular weight excluding hydrogens is 383 g/mol. The van der Waals surface area contributed by atoms with Crippen molar-refractivity contribution in [2.24, 2.45) is 0 Å². The molecule has 1 aromatic heterocycles. The van der Waals surface area contributed by atoms with Gasteiger partial charge in [0.1, 0.15) is 11.6 Å². The summed E-state index contributed by atoms with van der Waals surface area (Å²) in [4.78, 5) is 27.0. The molecule has 3 aromatic rings. The van der Waals surface area contributed by atoms with E-state index in [1.54, 1.807) is 48.1 Å². The van der Waals surface area contributed by atoms with Crippen LogP contribution in [0.4, 0.5) is 10.1 Å². The standard InChI is InChI=1S/C19H17FN4O3S/c1-13-21-8-9-23(13)18-7-2-14(10-17(18)20)11-22-19(25)12-28-16-5-3-15(4-6-16)24(26)27/h2-10H,11-12H2,1H3,(H,22,25). The highest BCUT2D eigenvalue weighted by Gasteiger charge is 2.10. The first-order valence-corrected chi connectivity index (χ1v) is 9.35. The van der Waals surface area contributed by atoms with Crippen molar-refractivity contribution in [1.29, 1.82) is 0 Å². The van der Waals surface area contributed by atoms with Crippen LogP contribution in [0, 0.1) is 22.9 Å². The van der Waals surface area contributed by atoms with Gasteiger partial charge in [0, 0.05) is 36.0 Å². The molecule has 0 saturated carbocycles. The summed E-state index contributed by atoms with van der Waals surface area (Å²) in [7, 11) is 0. The second-order valence-electron chi connectivity index (χ2n) is 5.95. The number of aromatic nitrogens is 2. The largest absolute Gasteiger partial charge is 0.351 e. The molecule has 2 aromatic carbocycles. The Morgan fingerprint density at radius 1 is 1.29 bits per heavy atom. The number of rotatable bonds is 7. The van der Waals surface area contributed by atoms with Crippen molar-refractivity contribution in [2.45, 2.75) is 18.4 Å². The number of halogens is 1. The number of hydrogen-bond acceptors (Lipinski definition) is 5. The van der Waals surface area contributed by atoms with Gasteiger partial charge in [-0.05, 0) is 36.8 Å². The molecule has 28 heavy (non-hydrogen) atoms. The van der Waals surface area contributed by atoms with Gasteiger partial charge in [-0.25, -0.2) is 9.37 Å². The zero-order chi connectivity index (χ0) is 20.1. The Labute approximate surface area is 164 Å². The molecule has 0 aliphatic rings. The molecule has 0 aliphatic carbocycles. The molecule has 144 valence electrons. The fraction of sp³-hybridized carbons (Fsp3) is 0.158. The van der Waals surface area contributed by atoms with Crippen molar-refractivity contribution in [3.05, 3.63) is 82.2 Å². The monoisotopic (exact) mass is 400 g/mol. The predicted octanol–water partition coefficient (Wildman–Crippen LogP) is 3.64. The predicted molar refractivity (Wildman–Crippen MR) is 104 cm³/mol. The molecule has 0 spiro atoms. The number of carbonyl (C=O) groups is 1. The summed E-state index contributed by atoms with van der Waals surface area (Å²) in [5, 5.41) is 13.4. The van der Waals surface area contributed by atoms with E-state index in [2.05, 4.69) is 10.3 Å². The second kappa shape index (κ2) is 8.66. The van der Waals surface area contributed by atoms with E-state index in [0.717, 1.165) is 4.90 Å². The number of nitrogens with one attached hydrogen (secondary N) is 1. The topological polar surface area (TPSA) is 90.1 Å². The minimum Gasteiger partial charge on any atom is -0.351 e. The zero-order valence-corrected chi connectivity index (χ0v) is 15.8. The summed E-state index contributed by atoms with van der Waals surface area (Å²) in [6.07, 6.45) is 3.29. The van der Waals surface area contributed by atoms with E-state index in [1.165, 1.54) is 30.0 Å². The van der Waals surface area contributed by atoms with Crippen molar-refractivity contribution in [2.75, 3.05) is 5.75 Å². The highest BCUT2D eigenvalue weighted by atomic mass is 32.2. The summed E-state index contributed by atoms with van der Waals surface area (Å²) in [5.74, 6) is 0.238. The van der Waals surface area contributed by atoms with Gasteiger partial charge >= 0.3 is 0 Å². The number of benzene rings is 2. The number of imidazole rings is 1. The third-order valence-electron chi connectivity index (χ3n) is 4.00. The lowest BCUT2D eigenvalue weighted by Gasteiger charge is -2.09. The van der Waals surface area contributed by atoms with Gasteiger partial charge in [0.25, 0.3) is 5.69 Å². The lowest BCUT2D eigenvalue weighted by Crippen LogP contribution is -2.24. The van der Waals surface area contributed by atoms with Crippen molar-refractivity contribution in [3.8, 4) is 5.69 Å². The Kier molecular flexibility index (Phi) is 6.05. The number of nitrogens with zero attached hydrogens (tertiary/aromatic N) is 3. The van der Waals surface area contributed by atoms with Crippen LogP contribution in [0.1, 0.15) is 11.4 Å². The van der Waals surface area contributed by atoms with Crippen LogP contribution in [0.25, 0.3) is 5.69 Å². The molecule has 1 N–H and O–H groups in total. The van der Waals surface area contributed by atoms with Crippen LogP contribution in [-0.4, -0.2) is 26.1 Å². The Bertz CT molecular complexity index is 1000. The quantitative estimate of drug-likeness (QED) is 0.372. The molecule has 3 rings (SSSR count). The summed E-state index contributed by atoms with van der Waals surface area (Å²) in [6, 6.07) is 10.8. The van der Waals surface area contributed by atoms with Crippen LogP contribution in [-0.2, 0) is 11.3 Å². The number of nitro groups is 1. The van der Waals surface area contributed by atoms with Crippen LogP contribution in [0.15, 0.2) is 59.8 Å². The van der Waals surface area contributed by atoms with E-state index in [4.69, 9.17) is 0 Å². The van der Waals surface area contributed by atoms with Crippen LogP contribution in [0.5, 0.6) is 0 Å². The molecular formula is C19H17FN4O3S. The average Bonchev–Trinajstić information content (AvgIpc) is 3.10. The maximum absolute atomic E-state index is 14.4. The van der Waals surface area contributed by atoms with Gasteiger partial charge < -0.3 is 9.88 Å². The third kappa shape index (κ3) is 4.74. The first kappa shape index (κ1) is 19.6. The van der Waals surface area contributed by atoms with E-state index in [9.17, 15) is 19.3 Å². The van der Waals surface area contributed by atoms with E-state index in [1.807, 2.05) is 0 Å². The number of thioether (sulfide) groups is 1. The summed E-state index contributed by atoms with van der Waals surface area (Å²) < 4.78 is 16.0. The van der Waals surface area contributed by atoms with Crippen molar-refractivity contribution in [3.63, 3.8) is 0 Å². The second-order valence-corrected chi connectivity index (χ2v) is 7.00. The maximum Gasteiger partial charge on any atom is 0.269 e. The Balaban J connectivity index is 1.52. The molecule has 0 unspecified atom stereocenters. The highest BCUT2D eigenvalue weighted by Crippen LogP contribution is 2.21. The SMILES string of the molecule is Cc1nccn1-c1ccc(CNC(=O)CSc2ccc([N+](=O)[O-])cc2)cc1F. The van der Waals surface area contributed by atoms with Crippen molar-refractivity contribution < 1.29 is 14.1 Å². The molecule has 0 radical (unpaired) electrons. The van der Waals surface area contributed by atoms with Gasteiger partial charge in [-0.2, -0.15) is 0 Å². The van der Waals surface area contributed by atoms with Gasteiger partial charge in [0.2, 0.25) is 5.91 Å². The van der Waals surface area contributed by atoms with Crippen LogP contribution < -0.4 is 5.32 Å². The molecule has 0 atom stereocenters.